The zero-order chi connectivity index (χ0) is 11.2. The van der Waals surface area contributed by atoms with Crippen molar-refractivity contribution in [3.05, 3.63) is 0 Å². The van der Waals surface area contributed by atoms with E-state index in [4.69, 9.17) is 16.6 Å². The van der Waals surface area contributed by atoms with Gasteiger partial charge in [-0.3, -0.25) is 4.99 Å². The molecule has 7 heteroatoms. The van der Waals surface area contributed by atoms with Crippen molar-refractivity contribution in [2.24, 2.45) is 16.5 Å². The SMILES string of the molecule is CC(N)=NCCC#CC(C)(N)C(=O)O.Cl.Cl. The summed E-state index contributed by atoms with van der Waals surface area (Å²) in [5.74, 6) is 4.45. The predicted molar refractivity (Wildman–Crippen MR) is 69.3 cm³/mol. The van der Waals surface area contributed by atoms with Crippen LogP contribution in [-0.2, 0) is 4.79 Å². The summed E-state index contributed by atoms with van der Waals surface area (Å²) in [4.78, 5) is 14.4. The Hall–Kier alpha value is -0.960. The molecule has 0 fully saturated rings. The van der Waals surface area contributed by atoms with Crippen LogP contribution in [0, 0.1) is 11.8 Å². The molecule has 16 heavy (non-hydrogen) atoms. The van der Waals surface area contributed by atoms with Gasteiger partial charge in [-0.2, -0.15) is 0 Å². The number of carboxylic acids is 1. The zero-order valence-corrected chi connectivity index (χ0v) is 10.8. The molecule has 0 aliphatic heterocycles. The summed E-state index contributed by atoms with van der Waals surface area (Å²) >= 11 is 0. The molecule has 0 aromatic rings. The molecule has 0 spiro atoms. The Kier molecular flexibility index (Phi) is 11.9. The fraction of sp³-hybridized carbons (Fsp3) is 0.556. The number of halogens is 2. The molecule has 5 N–H and O–H groups in total. The van der Waals surface area contributed by atoms with Crippen LogP contribution < -0.4 is 11.5 Å². The standard InChI is InChI=1S/C9H15N3O2.2ClH/c1-7(10)12-6-4-3-5-9(2,11)8(13)14;;/h4,6,11H2,1-2H3,(H2,10,12)(H,13,14);2*1H. The Morgan fingerprint density at radius 1 is 1.50 bits per heavy atom. The lowest BCUT2D eigenvalue weighted by Gasteiger charge is -2.09. The molecule has 0 aliphatic carbocycles. The molecule has 0 aliphatic rings. The van der Waals surface area contributed by atoms with Gasteiger partial charge in [0.1, 0.15) is 0 Å². The highest BCUT2D eigenvalue weighted by Gasteiger charge is 2.24. The van der Waals surface area contributed by atoms with E-state index in [-0.39, 0.29) is 24.8 Å². The molecular formula is C9H17Cl2N3O2. The van der Waals surface area contributed by atoms with E-state index < -0.39 is 11.5 Å². The van der Waals surface area contributed by atoms with Gasteiger partial charge in [0.15, 0.2) is 5.54 Å². The van der Waals surface area contributed by atoms with E-state index in [0.717, 1.165) is 0 Å². The smallest absolute Gasteiger partial charge is 0.335 e. The topological polar surface area (TPSA) is 102 Å². The molecule has 1 unspecified atom stereocenters. The van der Waals surface area contributed by atoms with Crippen molar-refractivity contribution < 1.29 is 9.90 Å². The predicted octanol–water partition coefficient (Wildman–Crippen LogP) is 0.403. The lowest BCUT2D eigenvalue weighted by molar-refractivity contribution is -0.140. The molecule has 0 saturated carbocycles. The van der Waals surface area contributed by atoms with Crippen LogP contribution in [0.3, 0.4) is 0 Å². The Labute approximate surface area is 107 Å². The van der Waals surface area contributed by atoms with Gasteiger partial charge < -0.3 is 16.6 Å². The van der Waals surface area contributed by atoms with E-state index in [9.17, 15) is 4.79 Å². The summed E-state index contributed by atoms with van der Waals surface area (Å²) in [6.07, 6.45) is 0.453. The van der Waals surface area contributed by atoms with Crippen molar-refractivity contribution in [2.45, 2.75) is 25.8 Å². The molecule has 0 amide bonds. The number of amidine groups is 1. The van der Waals surface area contributed by atoms with Crippen molar-refractivity contribution in [3.63, 3.8) is 0 Å². The highest BCUT2D eigenvalue weighted by atomic mass is 35.5. The zero-order valence-electron chi connectivity index (χ0n) is 9.19. The quantitative estimate of drug-likeness (QED) is 0.299. The first-order valence-corrected chi connectivity index (χ1v) is 4.15. The van der Waals surface area contributed by atoms with Gasteiger partial charge in [0.2, 0.25) is 0 Å². The maximum atomic E-state index is 10.5. The summed E-state index contributed by atoms with van der Waals surface area (Å²) in [6, 6.07) is 0. The van der Waals surface area contributed by atoms with Crippen molar-refractivity contribution in [1.29, 1.82) is 0 Å². The molecule has 0 aromatic carbocycles. The van der Waals surface area contributed by atoms with Crippen LogP contribution in [-0.4, -0.2) is 29.0 Å². The van der Waals surface area contributed by atoms with Gasteiger partial charge in [-0.1, -0.05) is 11.8 Å². The largest absolute Gasteiger partial charge is 0.479 e. The second-order valence-electron chi connectivity index (χ2n) is 3.08. The number of nitrogens with zero attached hydrogens (tertiary/aromatic N) is 1. The van der Waals surface area contributed by atoms with Crippen LogP contribution in [0.2, 0.25) is 0 Å². The lowest BCUT2D eigenvalue weighted by Crippen LogP contribution is -2.43. The normalized spacial score (nSPS) is 13.3. The van der Waals surface area contributed by atoms with Gasteiger partial charge >= 0.3 is 5.97 Å². The minimum Gasteiger partial charge on any atom is -0.479 e. The van der Waals surface area contributed by atoms with Crippen molar-refractivity contribution >= 4 is 36.6 Å². The van der Waals surface area contributed by atoms with Gasteiger partial charge in [0, 0.05) is 6.42 Å². The first-order chi connectivity index (χ1) is 6.36. The Morgan fingerprint density at radius 2 is 2.00 bits per heavy atom. The Balaban J connectivity index is -0.000000845. The summed E-state index contributed by atoms with van der Waals surface area (Å²) in [7, 11) is 0. The number of aliphatic imine (C=N–C) groups is 1. The number of aliphatic carboxylic acids is 1. The van der Waals surface area contributed by atoms with E-state index in [2.05, 4.69) is 16.8 Å². The molecule has 1 atom stereocenters. The van der Waals surface area contributed by atoms with Crippen LogP contribution in [0.4, 0.5) is 0 Å². The Bertz CT molecular complexity index is 302. The van der Waals surface area contributed by atoms with E-state index in [0.29, 0.717) is 18.8 Å². The first-order valence-electron chi connectivity index (χ1n) is 4.15. The number of carbonyl (C=O) groups is 1. The van der Waals surface area contributed by atoms with Crippen LogP contribution in [0.5, 0.6) is 0 Å². The fourth-order valence-electron chi connectivity index (χ4n) is 0.588. The minimum atomic E-state index is -1.48. The monoisotopic (exact) mass is 269 g/mol. The van der Waals surface area contributed by atoms with Gasteiger partial charge in [0.25, 0.3) is 0 Å². The Morgan fingerprint density at radius 3 is 2.38 bits per heavy atom. The second-order valence-corrected chi connectivity index (χ2v) is 3.08. The van der Waals surface area contributed by atoms with Gasteiger partial charge in [0.05, 0.1) is 12.4 Å². The highest BCUT2D eigenvalue weighted by Crippen LogP contribution is 1.95. The third kappa shape index (κ3) is 9.59. The van der Waals surface area contributed by atoms with Crippen molar-refractivity contribution in [3.8, 4) is 11.8 Å². The number of hydrogen-bond acceptors (Lipinski definition) is 3. The molecule has 0 heterocycles. The van der Waals surface area contributed by atoms with Gasteiger partial charge in [-0.15, -0.1) is 24.8 Å². The fourth-order valence-corrected chi connectivity index (χ4v) is 0.588. The number of hydrogen-bond donors (Lipinski definition) is 3. The average molecular weight is 270 g/mol. The van der Waals surface area contributed by atoms with Crippen LogP contribution >= 0.6 is 24.8 Å². The maximum absolute atomic E-state index is 10.5. The van der Waals surface area contributed by atoms with E-state index in [1.165, 1.54) is 6.92 Å². The molecule has 0 aromatic heterocycles. The van der Waals surface area contributed by atoms with Gasteiger partial charge in [-0.05, 0) is 13.8 Å². The third-order valence-electron chi connectivity index (χ3n) is 1.39. The van der Waals surface area contributed by atoms with E-state index >= 15 is 0 Å². The molecule has 0 saturated heterocycles. The third-order valence-corrected chi connectivity index (χ3v) is 1.39. The molecule has 0 bridgehead atoms. The summed E-state index contributed by atoms with van der Waals surface area (Å²) in [6.45, 7) is 3.49. The van der Waals surface area contributed by atoms with Crippen LogP contribution in [0.25, 0.3) is 0 Å². The first kappa shape index (κ1) is 20.5. The highest BCUT2D eigenvalue weighted by molar-refractivity contribution is 5.85. The summed E-state index contributed by atoms with van der Waals surface area (Å²) in [5.41, 5.74) is 9.17. The molecule has 5 nitrogen and oxygen atoms in total. The van der Waals surface area contributed by atoms with Crippen molar-refractivity contribution in [1.82, 2.24) is 0 Å². The number of nitrogens with two attached hydrogens (primary N) is 2. The number of carboxylic acid groups (broad SMARTS) is 1. The van der Waals surface area contributed by atoms with Crippen molar-refractivity contribution in [2.75, 3.05) is 6.54 Å². The van der Waals surface area contributed by atoms with Crippen LogP contribution in [0.1, 0.15) is 20.3 Å². The summed E-state index contributed by atoms with van der Waals surface area (Å²) < 4.78 is 0. The molecule has 0 rings (SSSR count). The maximum Gasteiger partial charge on any atom is 0.335 e. The van der Waals surface area contributed by atoms with Crippen LogP contribution in [0.15, 0.2) is 4.99 Å². The number of rotatable bonds is 3. The van der Waals surface area contributed by atoms with Gasteiger partial charge in [-0.25, -0.2) is 4.79 Å². The lowest BCUT2D eigenvalue weighted by atomic mass is 10.1. The summed E-state index contributed by atoms with van der Waals surface area (Å²) in [5, 5.41) is 8.61. The average Bonchev–Trinajstić information content (AvgIpc) is 2.02. The molecular weight excluding hydrogens is 253 g/mol. The molecule has 94 valence electrons. The second kappa shape index (κ2) is 9.28. The van der Waals surface area contributed by atoms with E-state index in [1.807, 2.05) is 0 Å². The van der Waals surface area contributed by atoms with E-state index in [1.54, 1.807) is 6.92 Å². The molecule has 0 radical (unpaired) electrons. The minimum absolute atomic E-state index is 0.